The van der Waals surface area contributed by atoms with E-state index in [1.807, 2.05) is 0 Å². The zero-order valence-electron chi connectivity index (χ0n) is 14.8. The molecule has 0 spiro atoms. The van der Waals surface area contributed by atoms with Crippen LogP contribution >= 0.6 is 0 Å². The quantitative estimate of drug-likeness (QED) is 0.841. The highest BCUT2D eigenvalue weighted by atomic mass is 16.5. The van der Waals surface area contributed by atoms with Gasteiger partial charge in [-0.25, -0.2) is 0 Å². The van der Waals surface area contributed by atoms with Gasteiger partial charge in [-0.2, -0.15) is 0 Å². The summed E-state index contributed by atoms with van der Waals surface area (Å²) in [6.45, 7) is 11.2. The van der Waals surface area contributed by atoms with Crippen LogP contribution in [0.2, 0.25) is 0 Å². The molecular formula is C18H36N2O. The lowest BCUT2D eigenvalue weighted by Gasteiger charge is -2.34. The van der Waals surface area contributed by atoms with Crippen molar-refractivity contribution in [2.24, 2.45) is 5.92 Å². The second-order valence-electron chi connectivity index (χ2n) is 8.44. The SMILES string of the molecule is CC1CCC(N(C)CC2CCC(CNC(C)(C)C)O2)CC1. The summed E-state index contributed by atoms with van der Waals surface area (Å²) in [6.07, 6.45) is 8.85. The fourth-order valence-electron chi connectivity index (χ4n) is 3.64. The van der Waals surface area contributed by atoms with Crippen LogP contribution in [0.15, 0.2) is 0 Å². The molecule has 0 radical (unpaired) electrons. The molecule has 0 amide bonds. The first-order valence-corrected chi connectivity index (χ1v) is 8.94. The first kappa shape index (κ1) is 17.2. The van der Waals surface area contributed by atoms with Crippen LogP contribution in [-0.2, 0) is 4.74 Å². The van der Waals surface area contributed by atoms with Crippen LogP contribution in [0, 0.1) is 5.92 Å². The smallest absolute Gasteiger partial charge is 0.0707 e. The van der Waals surface area contributed by atoms with E-state index < -0.39 is 0 Å². The number of nitrogens with one attached hydrogen (secondary N) is 1. The van der Waals surface area contributed by atoms with Crippen LogP contribution in [0.25, 0.3) is 0 Å². The van der Waals surface area contributed by atoms with Gasteiger partial charge in [-0.3, -0.25) is 0 Å². The number of nitrogens with zero attached hydrogens (tertiary/aromatic N) is 1. The summed E-state index contributed by atoms with van der Waals surface area (Å²) in [4.78, 5) is 2.57. The third-order valence-corrected chi connectivity index (χ3v) is 5.16. The molecule has 1 saturated carbocycles. The molecule has 0 aromatic heterocycles. The zero-order valence-corrected chi connectivity index (χ0v) is 14.8. The molecule has 0 aromatic rings. The summed E-state index contributed by atoms with van der Waals surface area (Å²) in [5.41, 5.74) is 0.191. The van der Waals surface area contributed by atoms with E-state index in [9.17, 15) is 0 Å². The molecule has 0 aromatic carbocycles. The Hall–Kier alpha value is -0.120. The number of ether oxygens (including phenoxy) is 1. The predicted molar refractivity (Wildman–Crippen MR) is 89.7 cm³/mol. The number of hydrogen-bond acceptors (Lipinski definition) is 3. The first-order chi connectivity index (χ1) is 9.83. The lowest BCUT2D eigenvalue weighted by atomic mass is 9.86. The van der Waals surface area contributed by atoms with Crippen LogP contribution in [0.5, 0.6) is 0 Å². The molecule has 1 aliphatic carbocycles. The minimum Gasteiger partial charge on any atom is -0.372 e. The van der Waals surface area contributed by atoms with Gasteiger partial charge in [-0.15, -0.1) is 0 Å². The van der Waals surface area contributed by atoms with Gasteiger partial charge in [0.25, 0.3) is 0 Å². The fourth-order valence-corrected chi connectivity index (χ4v) is 3.64. The fraction of sp³-hybridized carbons (Fsp3) is 1.00. The molecule has 2 fully saturated rings. The summed E-state index contributed by atoms with van der Waals surface area (Å²) >= 11 is 0. The van der Waals surface area contributed by atoms with E-state index in [0.29, 0.717) is 12.2 Å². The summed E-state index contributed by atoms with van der Waals surface area (Å²) < 4.78 is 6.24. The maximum absolute atomic E-state index is 6.24. The van der Waals surface area contributed by atoms with Gasteiger partial charge in [0.1, 0.15) is 0 Å². The highest BCUT2D eigenvalue weighted by Crippen LogP contribution is 2.28. The summed E-state index contributed by atoms with van der Waals surface area (Å²) in [5, 5.41) is 3.57. The van der Waals surface area contributed by atoms with Gasteiger partial charge < -0.3 is 15.0 Å². The van der Waals surface area contributed by atoms with Crippen molar-refractivity contribution in [1.82, 2.24) is 10.2 Å². The van der Waals surface area contributed by atoms with Crippen molar-refractivity contribution >= 4 is 0 Å². The molecule has 0 bridgehead atoms. The highest BCUT2D eigenvalue weighted by molar-refractivity contribution is 4.83. The standard InChI is InChI=1S/C18H36N2O/c1-14-6-8-15(9-7-14)20(5)13-17-11-10-16(21-17)12-19-18(2,3)4/h14-17,19H,6-13H2,1-5H3. The molecule has 3 nitrogen and oxygen atoms in total. The van der Waals surface area contributed by atoms with Crippen molar-refractivity contribution in [3.05, 3.63) is 0 Å². The monoisotopic (exact) mass is 296 g/mol. The Kier molecular flexibility index (Phi) is 6.10. The van der Waals surface area contributed by atoms with Crippen LogP contribution in [-0.4, -0.2) is 48.8 Å². The van der Waals surface area contributed by atoms with Crippen molar-refractivity contribution in [3.63, 3.8) is 0 Å². The average Bonchev–Trinajstić information content (AvgIpc) is 2.84. The normalized spacial score (nSPS) is 34.6. The lowest BCUT2D eigenvalue weighted by molar-refractivity contribution is 0.0137. The maximum Gasteiger partial charge on any atom is 0.0707 e. The highest BCUT2D eigenvalue weighted by Gasteiger charge is 2.29. The molecule has 2 atom stereocenters. The average molecular weight is 296 g/mol. The molecule has 1 aliphatic heterocycles. The second kappa shape index (κ2) is 7.43. The Balaban J connectivity index is 1.67. The third-order valence-electron chi connectivity index (χ3n) is 5.16. The molecule has 21 heavy (non-hydrogen) atoms. The summed E-state index contributed by atoms with van der Waals surface area (Å²) in [7, 11) is 2.30. The van der Waals surface area contributed by atoms with Crippen LogP contribution < -0.4 is 5.32 Å². The second-order valence-corrected chi connectivity index (χ2v) is 8.44. The van der Waals surface area contributed by atoms with Crippen LogP contribution in [0.1, 0.15) is 66.2 Å². The molecule has 3 heteroatoms. The van der Waals surface area contributed by atoms with Crippen molar-refractivity contribution in [2.45, 2.75) is 90.0 Å². The number of hydrogen-bond donors (Lipinski definition) is 1. The molecule has 124 valence electrons. The van der Waals surface area contributed by atoms with E-state index in [-0.39, 0.29) is 5.54 Å². The summed E-state index contributed by atoms with van der Waals surface area (Å²) in [6, 6.07) is 0.788. The minimum absolute atomic E-state index is 0.191. The largest absolute Gasteiger partial charge is 0.372 e. The zero-order chi connectivity index (χ0) is 15.5. The number of likely N-dealkylation sites (N-methyl/N-ethyl adjacent to an activating group) is 1. The Morgan fingerprint density at radius 3 is 2.24 bits per heavy atom. The van der Waals surface area contributed by atoms with Gasteiger partial charge in [0.05, 0.1) is 12.2 Å². The minimum atomic E-state index is 0.191. The summed E-state index contributed by atoms with van der Waals surface area (Å²) in [5.74, 6) is 0.935. The molecule has 2 rings (SSSR count). The van der Waals surface area contributed by atoms with E-state index >= 15 is 0 Å². The lowest BCUT2D eigenvalue weighted by Crippen LogP contribution is -2.42. The van der Waals surface area contributed by atoms with E-state index in [1.54, 1.807) is 0 Å². The van der Waals surface area contributed by atoms with E-state index in [0.717, 1.165) is 25.0 Å². The molecule has 2 unspecified atom stereocenters. The van der Waals surface area contributed by atoms with Gasteiger partial charge in [0.15, 0.2) is 0 Å². The Labute approximate surface area is 131 Å². The van der Waals surface area contributed by atoms with E-state index in [1.165, 1.54) is 38.5 Å². The molecule has 1 saturated heterocycles. The van der Waals surface area contributed by atoms with E-state index in [4.69, 9.17) is 4.74 Å². The van der Waals surface area contributed by atoms with Gasteiger partial charge in [-0.05, 0) is 72.3 Å². The maximum atomic E-state index is 6.24. The topological polar surface area (TPSA) is 24.5 Å². The van der Waals surface area contributed by atoms with Gasteiger partial charge in [0.2, 0.25) is 0 Å². The van der Waals surface area contributed by atoms with Crippen molar-refractivity contribution < 1.29 is 4.74 Å². The molecule has 2 aliphatic rings. The van der Waals surface area contributed by atoms with Crippen LogP contribution in [0.3, 0.4) is 0 Å². The van der Waals surface area contributed by atoms with Crippen molar-refractivity contribution in [3.8, 4) is 0 Å². The molecule has 1 N–H and O–H groups in total. The van der Waals surface area contributed by atoms with Crippen molar-refractivity contribution in [1.29, 1.82) is 0 Å². The van der Waals surface area contributed by atoms with Crippen molar-refractivity contribution in [2.75, 3.05) is 20.1 Å². The third kappa shape index (κ3) is 5.88. The van der Waals surface area contributed by atoms with E-state index in [2.05, 4.69) is 45.0 Å². The first-order valence-electron chi connectivity index (χ1n) is 8.94. The number of rotatable bonds is 5. The molecule has 1 heterocycles. The Morgan fingerprint density at radius 2 is 1.62 bits per heavy atom. The van der Waals surface area contributed by atoms with Crippen LogP contribution in [0.4, 0.5) is 0 Å². The van der Waals surface area contributed by atoms with Gasteiger partial charge >= 0.3 is 0 Å². The molecular weight excluding hydrogens is 260 g/mol. The Bertz CT molecular complexity index is 305. The predicted octanol–water partition coefficient (Wildman–Crippen LogP) is 3.43. The van der Waals surface area contributed by atoms with Gasteiger partial charge in [0, 0.05) is 24.7 Å². The van der Waals surface area contributed by atoms with Gasteiger partial charge in [-0.1, -0.05) is 6.92 Å². The Morgan fingerprint density at radius 1 is 1.00 bits per heavy atom.